The summed E-state index contributed by atoms with van der Waals surface area (Å²) in [4.78, 5) is 11.8. The van der Waals surface area contributed by atoms with Crippen molar-refractivity contribution in [3.05, 3.63) is 34.8 Å². The first kappa shape index (κ1) is 12.9. The van der Waals surface area contributed by atoms with Crippen molar-refractivity contribution < 1.29 is 4.42 Å². The summed E-state index contributed by atoms with van der Waals surface area (Å²) in [5.74, 6) is 0.367. The summed E-state index contributed by atoms with van der Waals surface area (Å²) in [6.45, 7) is 3.26. The summed E-state index contributed by atoms with van der Waals surface area (Å²) in [6.07, 6.45) is 0. The van der Waals surface area contributed by atoms with Crippen LogP contribution in [0.4, 0.5) is 0 Å². The van der Waals surface area contributed by atoms with E-state index in [2.05, 4.69) is 15.5 Å². The quantitative estimate of drug-likeness (QED) is 0.661. The monoisotopic (exact) mass is 291 g/mol. The standard InChI is InChI=1S/C12H13N5O2S/c1-2-17-11(13-14-15-17)20-8-7-16-9-5-3-4-6-10(9)19-12(16)18/h3-6H,2,7-8H2,1H3. The molecule has 0 atom stereocenters. The van der Waals surface area contributed by atoms with Crippen LogP contribution >= 0.6 is 11.8 Å². The predicted octanol–water partition coefficient (Wildman–Crippen LogP) is 1.39. The van der Waals surface area contributed by atoms with E-state index in [9.17, 15) is 4.79 Å². The van der Waals surface area contributed by atoms with Crippen molar-refractivity contribution in [3.8, 4) is 0 Å². The highest BCUT2D eigenvalue weighted by Crippen LogP contribution is 2.16. The van der Waals surface area contributed by atoms with Gasteiger partial charge in [-0.05, 0) is 29.5 Å². The lowest BCUT2D eigenvalue weighted by atomic mass is 10.3. The van der Waals surface area contributed by atoms with Crippen LogP contribution in [0, 0.1) is 0 Å². The van der Waals surface area contributed by atoms with Crippen molar-refractivity contribution in [1.29, 1.82) is 0 Å². The number of tetrazole rings is 1. The van der Waals surface area contributed by atoms with Crippen LogP contribution in [0.15, 0.2) is 38.6 Å². The fourth-order valence-electron chi connectivity index (χ4n) is 1.95. The van der Waals surface area contributed by atoms with Gasteiger partial charge in [-0.3, -0.25) is 4.57 Å². The minimum atomic E-state index is -0.332. The summed E-state index contributed by atoms with van der Waals surface area (Å²) in [7, 11) is 0. The Balaban J connectivity index is 1.74. The molecule has 0 amide bonds. The molecule has 0 aliphatic carbocycles. The molecule has 0 spiro atoms. The highest BCUT2D eigenvalue weighted by Gasteiger charge is 2.09. The maximum Gasteiger partial charge on any atom is 0.419 e. The van der Waals surface area contributed by atoms with E-state index < -0.39 is 0 Å². The van der Waals surface area contributed by atoms with Gasteiger partial charge in [-0.2, -0.15) is 0 Å². The van der Waals surface area contributed by atoms with Gasteiger partial charge in [0.2, 0.25) is 5.16 Å². The van der Waals surface area contributed by atoms with Crippen LogP contribution in [-0.4, -0.2) is 30.5 Å². The molecule has 0 N–H and O–H groups in total. The van der Waals surface area contributed by atoms with E-state index >= 15 is 0 Å². The molecule has 20 heavy (non-hydrogen) atoms. The topological polar surface area (TPSA) is 78.7 Å². The van der Waals surface area contributed by atoms with Gasteiger partial charge in [-0.25, -0.2) is 9.48 Å². The Kier molecular flexibility index (Phi) is 3.55. The van der Waals surface area contributed by atoms with Crippen LogP contribution in [0.5, 0.6) is 0 Å². The number of para-hydroxylation sites is 2. The van der Waals surface area contributed by atoms with Gasteiger partial charge in [0.1, 0.15) is 0 Å². The SMILES string of the molecule is CCn1nnnc1SCCn1c(=O)oc2ccccc21. The van der Waals surface area contributed by atoms with Crippen LogP contribution < -0.4 is 5.76 Å². The molecule has 1 aromatic carbocycles. The predicted molar refractivity (Wildman–Crippen MR) is 74.7 cm³/mol. The zero-order valence-corrected chi connectivity index (χ0v) is 11.7. The third kappa shape index (κ3) is 2.34. The molecular formula is C12H13N5O2S. The van der Waals surface area contributed by atoms with Crippen LogP contribution in [0.2, 0.25) is 0 Å². The number of nitrogens with zero attached hydrogens (tertiary/aromatic N) is 5. The van der Waals surface area contributed by atoms with E-state index in [0.717, 1.165) is 17.2 Å². The van der Waals surface area contributed by atoms with Gasteiger partial charge < -0.3 is 4.42 Å². The molecule has 0 bridgehead atoms. The Bertz CT molecular complexity index is 775. The highest BCUT2D eigenvalue weighted by molar-refractivity contribution is 7.99. The first-order valence-electron chi connectivity index (χ1n) is 6.27. The third-order valence-electron chi connectivity index (χ3n) is 2.92. The lowest BCUT2D eigenvalue weighted by Gasteiger charge is -2.02. The average molecular weight is 291 g/mol. The lowest BCUT2D eigenvalue weighted by molar-refractivity contribution is 0.514. The molecule has 8 heteroatoms. The molecule has 7 nitrogen and oxygen atoms in total. The number of fused-ring (bicyclic) bond motifs is 1. The first-order valence-corrected chi connectivity index (χ1v) is 7.25. The van der Waals surface area contributed by atoms with Crippen LogP contribution in [0.3, 0.4) is 0 Å². The molecule has 0 aliphatic rings. The lowest BCUT2D eigenvalue weighted by Crippen LogP contribution is -2.15. The van der Waals surface area contributed by atoms with Gasteiger partial charge >= 0.3 is 5.76 Å². The maximum atomic E-state index is 11.8. The third-order valence-corrected chi connectivity index (χ3v) is 3.86. The van der Waals surface area contributed by atoms with Gasteiger partial charge in [-0.1, -0.05) is 23.9 Å². The van der Waals surface area contributed by atoms with Crippen LogP contribution in [0.1, 0.15) is 6.92 Å². The number of hydrogen-bond donors (Lipinski definition) is 0. The molecule has 3 rings (SSSR count). The summed E-state index contributed by atoms with van der Waals surface area (Å²) < 4.78 is 8.53. The van der Waals surface area contributed by atoms with E-state index in [4.69, 9.17) is 4.42 Å². The molecule has 0 unspecified atom stereocenters. The largest absolute Gasteiger partial charge is 0.419 e. The second-order valence-corrected chi connectivity index (χ2v) is 5.18. The number of aryl methyl sites for hydroxylation is 2. The Morgan fingerprint density at radius 2 is 2.20 bits per heavy atom. The summed E-state index contributed by atoms with van der Waals surface area (Å²) >= 11 is 1.52. The van der Waals surface area contributed by atoms with Gasteiger partial charge in [0.05, 0.1) is 5.52 Å². The van der Waals surface area contributed by atoms with E-state index in [-0.39, 0.29) is 5.76 Å². The minimum Gasteiger partial charge on any atom is -0.408 e. The molecule has 2 aromatic heterocycles. The van der Waals surface area contributed by atoms with E-state index in [1.54, 1.807) is 15.3 Å². The van der Waals surface area contributed by atoms with Gasteiger partial charge in [-0.15, -0.1) is 5.10 Å². The molecule has 2 heterocycles. The Labute approximate surface area is 118 Å². The molecule has 104 valence electrons. The maximum absolute atomic E-state index is 11.8. The van der Waals surface area contributed by atoms with Gasteiger partial charge in [0, 0.05) is 18.8 Å². The Morgan fingerprint density at radius 1 is 1.35 bits per heavy atom. The fourth-order valence-corrected chi connectivity index (χ4v) is 2.82. The number of oxazole rings is 1. The minimum absolute atomic E-state index is 0.332. The van der Waals surface area contributed by atoms with Crippen molar-refractivity contribution in [2.75, 3.05) is 5.75 Å². The normalized spacial score (nSPS) is 11.2. The molecule has 0 radical (unpaired) electrons. The number of benzene rings is 1. The first-order chi connectivity index (χ1) is 9.79. The highest BCUT2D eigenvalue weighted by atomic mass is 32.2. The smallest absolute Gasteiger partial charge is 0.408 e. The summed E-state index contributed by atoms with van der Waals surface area (Å²) in [6, 6.07) is 7.40. The van der Waals surface area contributed by atoms with E-state index in [1.807, 2.05) is 25.1 Å². The van der Waals surface area contributed by atoms with Crippen molar-refractivity contribution in [2.45, 2.75) is 25.2 Å². The second kappa shape index (κ2) is 5.49. The van der Waals surface area contributed by atoms with Gasteiger partial charge in [0.15, 0.2) is 5.58 Å². The number of aromatic nitrogens is 5. The van der Waals surface area contributed by atoms with Gasteiger partial charge in [0.25, 0.3) is 0 Å². The van der Waals surface area contributed by atoms with E-state index in [1.165, 1.54) is 11.8 Å². The molecule has 0 saturated carbocycles. The molecule has 0 saturated heterocycles. The molecule has 0 aliphatic heterocycles. The number of thioether (sulfide) groups is 1. The van der Waals surface area contributed by atoms with Crippen LogP contribution in [-0.2, 0) is 13.1 Å². The second-order valence-electron chi connectivity index (χ2n) is 4.11. The van der Waals surface area contributed by atoms with Crippen molar-refractivity contribution in [3.63, 3.8) is 0 Å². The van der Waals surface area contributed by atoms with Crippen molar-refractivity contribution >= 4 is 22.9 Å². The fraction of sp³-hybridized carbons (Fsp3) is 0.333. The Morgan fingerprint density at radius 3 is 3.05 bits per heavy atom. The van der Waals surface area contributed by atoms with Crippen molar-refractivity contribution in [2.24, 2.45) is 0 Å². The molecule has 0 fully saturated rings. The Hall–Kier alpha value is -2.09. The molecular weight excluding hydrogens is 278 g/mol. The number of rotatable bonds is 5. The zero-order chi connectivity index (χ0) is 13.9. The number of hydrogen-bond acceptors (Lipinski definition) is 6. The average Bonchev–Trinajstić information content (AvgIpc) is 3.03. The summed E-state index contributed by atoms with van der Waals surface area (Å²) in [5, 5.41) is 12.2. The van der Waals surface area contributed by atoms with Crippen molar-refractivity contribution in [1.82, 2.24) is 24.8 Å². The summed E-state index contributed by atoms with van der Waals surface area (Å²) in [5.41, 5.74) is 1.43. The zero-order valence-electron chi connectivity index (χ0n) is 10.9. The van der Waals surface area contributed by atoms with Crippen LogP contribution in [0.25, 0.3) is 11.1 Å². The van der Waals surface area contributed by atoms with E-state index in [0.29, 0.717) is 17.9 Å². The molecule has 3 aromatic rings.